The third kappa shape index (κ3) is 4.07. The molecule has 0 saturated heterocycles. The van der Waals surface area contributed by atoms with Crippen LogP contribution in [0.3, 0.4) is 0 Å². The van der Waals surface area contributed by atoms with Crippen molar-refractivity contribution in [3.63, 3.8) is 0 Å². The van der Waals surface area contributed by atoms with Gasteiger partial charge in [0.2, 0.25) is 0 Å². The summed E-state index contributed by atoms with van der Waals surface area (Å²) < 4.78 is 19.1. The standard InChI is InChI=1S/C17H20FNO/c1-13-3-9-16(10-4-13)20-17(11-12-19-2)14-5-7-15(18)8-6-14/h3-10,17,19H,11-12H2,1-2H3. The van der Waals surface area contributed by atoms with Gasteiger partial charge in [0.05, 0.1) is 0 Å². The molecule has 0 bridgehead atoms. The number of hydrogen-bond acceptors (Lipinski definition) is 2. The van der Waals surface area contributed by atoms with Gasteiger partial charge in [0, 0.05) is 6.42 Å². The fraction of sp³-hybridized carbons (Fsp3) is 0.294. The van der Waals surface area contributed by atoms with Gasteiger partial charge in [-0.1, -0.05) is 29.8 Å². The van der Waals surface area contributed by atoms with Gasteiger partial charge in [-0.2, -0.15) is 0 Å². The zero-order chi connectivity index (χ0) is 14.4. The SMILES string of the molecule is CNCCC(Oc1ccc(C)cc1)c1ccc(F)cc1. The van der Waals surface area contributed by atoms with E-state index in [2.05, 4.69) is 5.32 Å². The van der Waals surface area contributed by atoms with Gasteiger partial charge in [-0.25, -0.2) is 4.39 Å². The fourth-order valence-corrected chi connectivity index (χ4v) is 2.03. The molecule has 1 N–H and O–H groups in total. The maximum Gasteiger partial charge on any atom is 0.125 e. The number of aryl methyl sites for hydroxylation is 1. The van der Waals surface area contributed by atoms with Crippen molar-refractivity contribution in [2.45, 2.75) is 19.4 Å². The zero-order valence-electron chi connectivity index (χ0n) is 11.9. The van der Waals surface area contributed by atoms with E-state index in [1.165, 1.54) is 17.7 Å². The molecule has 1 atom stereocenters. The lowest BCUT2D eigenvalue weighted by Crippen LogP contribution is -2.16. The van der Waals surface area contributed by atoms with Gasteiger partial charge in [0.15, 0.2) is 0 Å². The van der Waals surface area contributed by atoms with Crippen molar-refractivity contribution in [3.8, 4) is 5.75 Å². The molecule has 0 saturated carbocycles. The van der Waals surface area contributed by atoms with Crippen molar-refractivity contribution < 1.29 is 9.13 Å². The number of rotatable bonds is 6. The van der Waals surface area contributed by atoms with E-state index < -0.39 is 0 Å². The monoisotopic (exact) mass is 273 g/mol. The topological polar surface area (TPSA) is 21.3 Å². The van der Waals surface area contributed by atoms with E-state index in [0.717, 1.165) is 24.3 Å². The van der Waals surface area contributed by atoms with Gasteiger partial charge in [-0.3, -0.25) is 0 Å². The van der Waals surface area contributed by atoms with Crippen LogP contribution in [0.4, 0.5) is 4.39 Å². The smallest absolute Gasteiger partial charge is 0.125 e. The molecule has 2 aromatic rings. The van der Waals surface area contributed by atoms with Crippen molar-refractivity contribution in [2.24, 2.45) is 0 Å². The Morgan fingerprint density at radius 3 is 2.30 bits per heavy atom. The Bertz CT molecular complexity index is 522. The van der Waals surface area contributed by atoms with E-state index in [-0.39, 0.29) is 11.9 Å². The number of ether oxygens (including phenoxy) is 1. The minimum atomic E-state index is -0.226. The molecule has 0 aliphatic rings. The third-order valence-electron chi connectivity index (χ3n) is 3.20. The Hall–Kier alpha value is -1.87. The highest BCUT2D eigenvalue weighted by molar-refractivity contribution is 5.28. The van der Waals surface area contributed by atoms with E-state index in [4.69, 9.17) is 4.74 Å². The molecule has 0 spiro atoms. The summed E-state index contributed by atoms with van der Waals surface area (Å²) in [6.07, 6.45) is 0.751. The molecule has 0 aromatic heterocycles. The molecule has 2 rings (SSSR count). The van der Waals surface area contributed by atoms with Gasteiger partial charge in [0.1, 0.15) is 17.7 Å². The maximum absolute atomic E-state index is 13.0. The molecule has 1 unspecified atom stereocenters. The third-order valence-corrected chi connectivity index (χ3v) is 3.20. The van der Waals surface area contributed by atoms with Crippen LogP contribution in [0.25, 0.3) is 0 Å². The van der Waals surface area contributed by atoms with Crippen molar-refractivity contribution in [1.82, 2.24) is 5.32 Å². The van der Waals surface area contributed by atoms with Crippen LogP contribution in [-0.4, -0.2) is 13.6 Å². The second kappa shape index (κ2) is 7.06. The lowest BCUT2D eigenvalue weighted by Gasteiger charge is -2.19. The van der Waals surface area contributed by atoms with E-state index >= 15 is 0 Å². The summed E-state index contributed by atoms with van der Waals surface area (Å²) in [5.41, 5.74) is 2.19. The van der Waals surface area contributed by atoms with Crippen LogP contribution < -0.4 is 10.1 Å². The van der Waals surface area contributed by atoms with Gasteiger partial charge >= 0.3 is 0 Å². The second-order valence-corrected chi connectivity index (χ2v) is 4.86. The maximum atomic E-state index is 13.0. The van der Waals surface area contributed by atoms with Crippen LogP contribution in [0.15, 0.2) is 48.5 Å². The van der Waals surface area contributed by atoms with Crippen LogP contribution in [0, 0.1) is 12.7 Å². The highest BCUT2D eigenvalue weighted by Gasteiger charge is 2.13. The number of benzene rings is 2. The van der Waals surface area contributed by atoms with Gasteiger partial charge in [-0.05, 0) is 50.3 Å². The molecule has 3 heteroatoms. The number of nitrogens with one attached hydrogen (secondary N) is 1. The molecule has 0 amide bonds. The number of halogens is 1. The molecule has 106 valence electrons. The summed E-state index contributed by atoms with van der Waals surface area (Å²) in [4.78, 5) is 0. The summed E-state index contributed by atoms with van der Waals surface area (Å²) >= 11 is 0. The quantitative estimate of drug-likeness (QED) is 0.862. The summed E-state index contributed by atoms with van der Waals surface area (Å²) in [6.45, 7) is 2.89. The first-order valence-electron chi connectivity index (χ1n) is 6.82. The minimum absolute atomic E-state index is 0.0780. The normalized spacial score (nSPS) is 12.2. The molecular formula is C17H20FNO. The van der Waals surface area contributed by atoms with Crippen LogP contribution >= 0.6 is 0 Å². The zero-order valence-corrected chi connectivity index (χ0v) is 11.9. The van der Waals surface area contributed by atoms with Crippen molar-refractivity contribution in [3.05, 3.63) is 65.5 Å². The summed E-state index contributed by atoms with van der Waals surface area (Å²) in [6, 6.07) is 14.5. The molecule has 0 aliphatic heterocycles. The predicted octanol–water partition coefficient (Wildman–Crippen LogP) is 3.86. The van der Waals surface area contributed by atoms with Crippen molar-refractivity contribution >= 4 is 0 Å². The van der Waals surface area contributed by atoms with Crippen LogP contribution in [-0.2, 0) is 0 Å². The lowest BCUT2D eigenvalue weighted by molar-refractivity contribution is 0.195. The number of hydrogen-bond donors (Lipinski definition) is 1. The van der Waals surface area contributed by atoms with Gasteiger partial charge < -0.3 is 10.1 Å². The van der Waals surface area contributed by atoms with Crippen molar-refractivity contribution in [2.75, 3.05) is 13.6 Å². The van der Waals surface area contributed by atoms with E-state index in [9.17, 15) is 4.39 Å². The molecule has 20 heavy (non-hydrogen) atoms. The average Bonchev–Trinajstić information content (AvgIpc) is 2.46. The molecule has 0 radical (unpaired) electrons. The molecule has 2 aromatic carbocycles. The highest BCUT2D eigenvalue weighted by atomic mass is 19.1. The molecule has 0 heterocycles. The Labute approximate surface area is 119 Å². The molecule has 0 fully saturated rings. The first-order chi connectivity index (χ1) is 9.69. The minimum Gasteiger partial charge on any atom is -0.486 e. The Balaban J connectivity index is 2.14. The highest BCUT2D eigenvalue weighted by Crippen LogP contribution is 2.25. The summed E-state index contributed by atoms with van der Waals surface area (Å²) in [5.74, 6) is 0.609. The summed E-state index contributed by atoms with van der Waals surface area (Å²) in [5, 5.41) is 3.12. The molecular weight excluding hydrogens is 253 g/mol. The van der Waals surface area contributed by atoms with Gasteiger partial charge in [0.25, 0.3) is 0 Å². The van der Waals surface area contributed by atoms with E-state index in [1.807, 2.05) is 38.2 Å². The largest absolute Gasteiger partial charge is 0.486 e. The Morgan fingerprint density at radius 2 is 1.70 bits per heavy atom. The van der Waals surface area contributed by atoms with Crippen molar-refractivity contribution in [1.29, 1.82) is 0 Å². The Kier molecular flexibility index (Phi) is 5.13. The van der Waals surface area contributed by atoms with Crippen LogP contribution in [0.1, 0.15) is 23.7 Å². The molecule has 0 aliphatic carbocycles. The second-order valence-electron chi connectivity index (χ2n) is 4.86. The average molecular weight is 273 g/mol. The van der Waals surface area contributed by atoms with E-state index in [1.54, 1.807) is 12.1 Å². The summed E-state index contributed by atoms with van der Waals surface area (Å²) in [7, 11) is 1.91. The van der Waals surface area contributed by atoms with Crippen LogP contribution in [0.5, 0.6) is 5.75 Å². The van der Waals surface area contributed by atoms with E-state index in [0.29, 0.717) is 0 Å². The molecule has 2 nitrogen and oxygen atoms in total. The Morgan fingerprint density at radius 1 is 1.05 bits per heavy atom. The predicted molar refractivity (Wildman–Crippen MR) is 79.5 cm³/mol. The first kappa shape index (κ1) is 14.5. The van der Waals surface area contributed by atoms with Gasteiger partial charge in [-0.15, -0.1) is 0 Å². The van der Waals surface area contributed by atoms with Crippen LogP contribution in [0.2, 0.25) is 0 Å². The lowest BCUT2D eigenvalue weighted by atomic mass is 10.1. The first-order valence-corrected chi connectivity index (χ1v) is 6.82. The fourth-order valence-electron chi connectivity index (χ4n) is 2.03.